The first-order valence-corrected chi connectivity index (χ1v) is 10.00. The van der Waals surface area contributed by atoms with E-state index in [0.717, 1.165) is 29.0 Å². The number of amides is 1. The summed E-state index contributed by atoms with van der Waals surface area (Å²) in [5.74, 6) is -0.155. The number of carbonyl (C=O) groups is 1. The number of imidazole rings is 1. The molecule has 144 valence electrons. The van der Waals surface area contributed by atoms with Crippen molar-refractivity contribution in [1.29, 1.82) is 0 Å². The second-order valence-electron chi connectivity index (χ2n) is 6.55. The van der Waals surface area contributed by atoms with Gasteiger partial charge in [-0.1, -0.05) is 23.5 Å². The molecule has 3 aromatic rings. The molecule has 4 heterocycles. The third-order valence-electron chi connectivity index (χ3n) is 4.60. The van der Waals surface area contributed by atoms with Gasteiger partial charge in [-0.05, 0) is 37.5 Å². The minimum absolute atomic E-state index is 0.122. The molecular formula is C20H21N5O2S. The predicted molar refractivity (Wildman–Crippen MR) is 108 cm³/mol. The maximum Gasteiger partial charge on any atom is 0.271 e. The summed E-state index contributed by atoms with van der Waals surface area (Å²) in [5.41, 5.74) is 2.38. The Morgan fingerprint density at radius 3 is 2.93 bits per heavy atom. The lowest BCUT2D eigenvalue weighted by atomic mass is 10.1. The van der Waals surface area contributed by atoms with Crippen molar-refractivity contribution in [3.05, 3.63) is 58.9 Å². The maximum absolute atomic E-state index is 12.9. The largest absolute Gasteiger partial charge is 0.381 e. The van der Waals surface area contributed by atoms with Crippen LogP contribution in [0, 0.1) is 6.92 Å². The molecule has 1 aliphatic rings. The summed E-state index contributed by atoms with van der Waals surface area (Å²) in [5, 5.41) is 3.80. The van der Waals surface area contributed by atoms with Crippen LogP contribution in [0.15, 0.2) is 37.1 Å². The van der Waals surface area contributed by atoms with Gasteiger partial charge in [-0.15, -0.1) is 0 Å². The quantitative estimate of drug-likeness (QED) is 0.718. The second kappa shape index (κ2) is 8.45. The zero-order valence-corrected chi connectivity index (χ0v) is 16.4. The van der Waals surface area contributed by atoms with E-state index in [2.05, 4.69) is 20.3 Å². The Hall–Kier alpha value is -2.84. The molecule has 0 spiro atoms. The number of ether oxygens (including phenoxy) is 1. The zero-order chi connectivity index (χ0) is 19.3. The Kier molecular flexibility index (Phi) is 5.59. The third kappa shape index (κ3) is 4.18. The summed E-state index contributed by atoms with van der Waals surface area (Å²) >= 11 is 1.45. The van der Waals surface area contributed by atoms with Crippen molar-refractivity contribution in [1.82, 2.24) is 24.8 Å². The van der Waals surface area contributed by atoms with Crippen molar-refractivity contribution >= 4 is 29.4 Å². The van der Waals surface area contributed by atoms with Crippen molar-refractivity contribution in [2.75, 3.05) is 13.2 Å². The van der Waals surface area contributed by atoms with Gasteiger partial charge in [0, 0.05) is 43.5 Å². The fourth-order valence-electron chi connectivity index (χ4n) is 3.01. The Labute approximate surface area is 167 Å². The van der Waals surface area contributed by atoms with E-state index in [1.807, 2.05) is 42.0 Å². The fourth-order valence-corrected chi connectivity index (χ4v) is 3.93. The molecule has 28 heavy (non-hydrogen) atoms. The smallest absolute Gasteiger partial charge is 0.271 e. The number of pyridine rings is 1. The van der Waals surface area contributed by atoms with Crippen molar-refractivity contribution in [2.45, 2.75) is 25.8 Å². The van der Waals surface area contributed by atoms with Crippen molar-refractivity contribution in [3.8, 4) is 5.13 Å². The number of carbonyl (C=O) groups excluding carboxylic acids is 1. The lowest BCUT2D eigenvalue weighted by molar-refractivity contribution is 0.0694. The summed E-state index contributed by atoms with van der Waals surface area (Å²) in [6.45, 7) is 3.31. The average Bonchev–Trinajstić information content (AvgIpc) is 3.38. The van der Waals surface area contributed by atoms with E-state index < -0.39 is 0 Å². The molecule has 1 aliphatic heterocycles. The number of hydrogen-bond donors (Lipinski definition) is 1. The van der Waals surface area contributed by atoms with E-state index in [9.17, 15) is 4.79 Å². The van der Waals surface area contributed by atoms with Crippen LogP contribution in [0.25, 0.3) is 17.3 Å². The summed E-state index contributed by atoms with van der Waals surface area (Å²) < 4.78 is 7.18. The third-order valence-corrected chi connectivity index (χ3v) is 5.64. The molecule has 0 unspecified atom stereocenters. The van der Waals surface area contributed by atoms with Gasteiger partial charge in [-0.25, -0.2) is 9.97 Å². The number of nitrogens with zero attached hydrogens (tertiary/aromatic N) is 4. The summed E-state index contributed by atoms with van der Waals surface area (Å²) in [4.78, 5) is 26.7. The number of rotatable bonds is 5. The van der Waals surface area contributed by atoms with Crippen LogP contribution >= 0.6 is 11.3 Å². The molecule has 0 bridgehead atoms. The van der Waals surface area contributed by atoms with Crippen molar-refractivity contribution in [2.24, 2.45) is 0 Å². The van der Waals surface area contributed by atoms with Crippen LogP contribution in [0.2, 0.25) is 0 Å². The maximum atomic E-state index is 12.9. The number of aryl methyl sites for hydroxylation is 1. The SMILES string of the molecule is Cc1ncccc1C=Cc1sc(-n2ccnc2)nc1C(=O)NC1CCOCC1. The summed E-state index contributed by atoms with van der Waals surface area (Å²) in [7, 11) is 0. The zero-order valence-electron chi connectivity index (χ0n) is 15.5. The monoisotopic (exact) mass is 395 g/mol. The molecule has 1 amide bonds. The highest BCUT2D eigenvalue weighted by molar-refractivity contribution is 7.15. The molecule has 3 aromatic heterocycles. The first-order valence-electron chi connectivity index (χ1n) is 9.18. The Balaban J connectivity index is 1.63. The van der Waals surface area contributed by atoms with Crippen LogP contribution < -0.4 is 5.32 Å². The molecule has 1 N–H and O–H groups in total. The molecule has 1 fully saturated rings. The van der Waals surface area contributed by atoms with Gasteiger partial charge in [-0.2, -0.15) is 0 Å². The fraction of sp³-hybridized carbons (Fsp3) is 0.300. The highest BCUT2D eigenvalue weighted by atomic mass is 32.1. The molecule has 4 rings (SSSR count). The van der Waals surface area contributed by atoms with Crippen molar-refractivity contribution < 1.29 is 9.53 Å². The topological polar surface area (TPSA) is 81.9 Å². The highest BCUT2D eigenvalue weighted by Crippen LogP contribution is 2.25. The molecule has 0 atom stereocenters. The molecule has 0 aliphatic carbocycles. The van der Waals surface area contributed by atoms with E-state index in [4.69, 9.17) is 4.74 Å². The Morgan fingerprint density at radius 1 is 1.32 bits per heavy atom. The summed E-state index contributed by atoms with van der Waals surface area (Å²) in [6, 6.07) is 4.02. The van der Waals surface area contributed by atoms with Gasteiger partial charge in [0.2, 0.25) is 0 Å². The molecule has 7 nitrogen and oxygen atoms in total. The van der Waals surface area contributed by atoms with Crippen molar-refractivity contribution in [3.63, 3.8) is 0 Å². The van der Waals surface area contributed by atoms with Gasteiger partial charge in [-0.3, -0.25) is 14.3 Å². The van der Waals surface area contributed by atoms with E-state index in [1.54, 1.807) is 18.7 Å². The molecular weight excluding hydrogens is 374 g/mol. The first-order chi connectivity index (χ1) is 13.7. The molecule has 1 saturated heterocycles. The van der Waals surface area contributed by atoms with E-state index in [-0.39, 0.29) is 11.9 Å². The standard InChI is InChI=1S/C20H21N5O2S/c1-14-15(3-2-8-22-14)4-5-17-18(19(26)23-16-6-11-27-12-7-16)24-20(28-17)25-10-9-21-13-25/h2-5,8-10,13,16H,6-7,11-12H2,1H3,(H,23,26). The van der Waals surface area contributed by atoms with Gasteiger partial charge in [0.05, 0.1) is 4.88 Å². The average molecular weight is 395 g/mol. The van der Waals surface area contributed by atoms with E-state index in [0.29, 0.717) is 24.0 Å². The van der Waals surface area contributed by atoms with Crippen LogP contribution in [0.5, 0.6) is 0 Å². The number of thiazole rings is 1. The number of nitrogens with one attached hydrogen (secondary N) is 1. The second-order valence-corrected chi connectivity index (χ2v) is 7.56. The predicted octanol–water partition coefficient (Wildman–Crippen LogP) is 3.11. The first kappa shape index (κ1) is 18.5. The van der Waals surface area contributed by atoms with Gasteiger partial charge >= 0.3 is 0 Å². The van der Waals surface area contributed by atoms with Crippen LogP contribution in [0.3, 0.4) is 0 Å². The van der Waals surface area contributed by atoms with Gasteiger partial charge < -0.3 is 10.1 Å². The molecule has 0 radical (unpaired) electrons. The van der Waals surface area contributed by atoms with Crippen LogP contribution in [-0.4, -0.2) is 44.7 Å². The lowest BCUT2D eigenvalue weighted by Gasteiger charge is -2.22. The van der Waals surface area contributed by atoms with Crippen LogP contribution in [0.4, 0.5) is 0 Å². The lowest BCUT2D eigenvalue weighted by Crippen LogP contribution is -2.39. The van der Waals surface area contributed by atoms with Crippen LogP contribution in [0.1, 0.15) is 39.5 Å². The molecule has 0 aromatic carbocycles. The minimum Gasteiger partial charge on any atom is -0.381 e. The highest BCUT2D eigenvalue weighted by Gasteiger charge is 2.22. The normalized spacial score (nSPS) is 15.2. The number of aromatic nitrogens is 4. The Morgan fingerprint density at radius 2 is 2.18 bits per heavy atom. The minimum atomic E-state index is -0.155. The Bertz CT molecular complexity index is 974. The summed E-state index contributed by atoms with van der Waals surface area (Å²) in [6.07, 6.45) is 12.5. The van der Waals surface area contributed by atoms with E-state index in [1.165, 1.54) is 11.3 Å². The number of hydrogen-bond acceptors (Lipinski definition) is 6. The molecule has 0 saturated carbocycles. The van der Waals surface area contributed by atoms with Gasteiger partial charge in [0.15, 0.2) is 5.13 Å². The van der Waals surface area contributed by atoms with Gasteiger partial charge in [0.25, 0.3) is 5.91 Å². The van der Waals surface area contributed by atoms with E-state index >= 15 is 0 Å². The molecule has 8 heteroatoms. The van der Waals surface area contributed by atoms with Crippen LogP contribution in [-0.2, 0) is 4.74 Å². The van der Waals surface area contributed by atoms with Gasteiger partial charge in [0.1, 0.15) is 12.0 Å².